The van der Waals surface area contributed by atoms with Crippen molar-refractivity contribution in [1.82, 2.24) is 0 Å². The van der Waals surface area contributed by atoms with E-state index in [-0.39, 0.29) is 24.2 Å². The third-order valence-electron chi connectivity index (χ3n) is 5.52. The van der Waals surface area contributed by atoms with Crippen molar-refractivity contribution in [2.24, 2.45) is 5.92 Å². The zero-order valence-electron chi connectivity index (χ0n) is 18.2. The van der Waals surface area contributed by atoms with Crippen LogP contribution in [0.3, 0.4) is 0 Å². The molecular weight excluding hydrogens is 392 g/mol. The fourth-order valence-electron chi connectivity index (χ4n) is 3.58. The van der Waals surface area contributed by atoms with E-state index in [1.807, 2.05) is 24.3 Å². The van der Waals surface area contributed by atoms with Gasteiger partial charge in [0.1, 0.15) is 0 Å². The number of unbranched alkanes of at least 4 members (excludes halogenated alkanes) is 2. The van der Waals surface area contributed by atoms with Crippen molar-refractivity contribution in [2.45, 2.75) is 46.0 Å². The number of carbonyl (C=O) groups is 3. The molecule has 0 aliphatic carbocycles. The Balaban J connectivity index is 1.54. The minimum absolute atomic E-state index is 0.0504. The van der Waals surface area contributed by atoms with Crippen LogP contribution in [0.4, 0.5) is 11.4 Å². The van der Waals surface area contributed by atoms with Crippen LogP contribution in [0.25, 0.3) is 0 Å². The van der Waals surface area contributed by atoms with E-state index in [1.54, 1.807) is 29.2 Å². The number of ether oxygens (including phenoxy) is 1. The van der Waals surface area contributed by atoms with E-state index in [1.165, 1.54) is 5.56 Å². The Morgan fingerprint density at radius 1 is 1.03 bits per heavy atom. The van der Waals surface area contributed by atoms with Crippen molar-refractivity contribution in [2.75, 3.05) is 23.4 Å². The summed E-state index contributed by atoms with van der Waals surface area (Å²) in [6, 6.07) is 14.5. The number of hydrogen-bond donors (Lipinski definition) is 1. The maximum atomic E-state index is 12.7. The summed E-state index contributed by atoms with van der Waals surface area (Å²) in [6.45, 7) is 4.95. The molecule has 0 radical (unpaired) electrons. The topological polar surface area (TPSA) is 75.7 Å². The third-order valence-corrected chi connectivity index (χ3v) is 5.52. The molecule has 2 aromatic rings. The van der Waals surface area contributed by atoms with Crippen LogP contribution in [-0.4, -0.2) is 30.9 Å². The Bertz CT molecular complexity index is 906. The third kappa shape index (κ3) is 5.94. The number of nitrogens with zero attached hydrogens (tertiary/aromatic N) is 1. The van der Waals surface area contributed by atoms with Gasteiger partial charge in [-0.1, -0.05) is 38.8 Å². The molecule has 1 aliphatic heterocycles. The number of carbonyl (C=O) groups excluding carboxylic acids is 3. The van der Waals surface area contributed by atoms with Crippen molar-refractivity contribution in [3.63, 3.8) is 0 Å². The Kier molecular flexibility index (Phi) is 7.82. The Morgan fingerprint density at radius 3 is 2.39 bits per heavy atom. The summed E-state index contributed by atoms with van der Waals surface area (Å²) in [6.07, 6.45) is 4.08. The number of esters is 1. The summed E-state index contributed by atoms with van der Waals surface area (Å²) < 4.78 is 5.24. The van der Waals surface area contributed by atoms with Gasteiger partial charge < -0.3 is 15.0 Å². The lowest BCUT2D eigenvalue weighted by atomic mass is 10.1. The van der Waals surface area contributed by atoms with E-state index in [9.17, 15) is 14.4 Å². The van der Waals surface area contributed by atoms with Crippen LogP contribution in [0.15, 0.2) is 48.5 Å². The monoisotopic (exact) mass is 422 g/mol. The number of hydrogen-bond acceptors (Lipinski definition) is 4. The van der Waals surface area contributed by atoms with Gasteiger partial charge in [0, 0.05) is 24.3 Å². The van der Waals surface area contributed by atoms with E-state index in [0.717, 1.165) is 31.4 Å². The number of rotatable bonds is 9. The lowest BCUT2D eigenvalue weighted by molar-refractivity contribution is -0.122. The van der Waals surface area contributed by atoms with Gasteiger partial charge in [-0.15, -0.1) is 0 Å². The van der Waals surface area contributed by atoms with Crippen molar-refractivity contribution in [3.8, 4) is 0 Å². The summed E-state index contributed by atoms with van der Waals surface area (Å²) in [5.74, 6) is -1.02. The number of nitrogens with one attached hydrogen (secondary N) is 1. The van der Waals surface area contributed by atoms with Crippen molar-refractivity contribution < 1.29 is 19.1 Å². The molecule has 0 spiro atoms. The average molecular weight is 423 g/mol. The lowest BCUT2D eigenvalue weighted by Crippen LogP contribution is -2.28. The number of amides is 2. The van der Waals surface area contributed by atoms with Gasteiger partial charge in [-0.05, 0) is 54.8 Å². The normalized spacial score (nSPS) is 15.7. The van der Waals surface area contributed by atoms with Crippen LogP contribution >= 0.6 is 0 Å². The van der Waals surface area contributed by atoms with Gasteiger partial charge in [-0.3, -0.25) is 9.59 Å². The first-order valence-corrected chi connectivity index (χ1v) is 11.0. The Morgan fingerprint density at radius 2 is 1.74 bits per heavy atom. The smallest absolute Gasteiger partial charge is 0.338 e. The first kappa shape index (κ1) is 22.5. The molecule has 6 nitrogen and oxygen atoms in total. The van der Waals surface area contributed by atoms with Crippen molar-refractivity contribution in [1.29, 1.82) is 0 Å². The molecule has 0 unspecified atom stereocenters. The second-order valence-corrected chi connectivity index (χ2v) is 7.84. The molecule has 1 saturated heterocycles. The first-order chi connectivity index (χ1) is 15.0. The largest absolute Gasteiger partial charge is 0.462 e. The number of aryl methyl sites for hydroxylation is 1. The van der Waals surface area contributed by atoms with Crippen molar-refractivity contribution in [3.05, 3.63) is 59.7 Å². The molecule has 164 valence electrons. The standard InChI is InChI=1S/C25H30N2O4/c1-3-5-6-15-31-25(30)19-9-11-21(12-10-19)26-24(29)20-16-23(28)27(17-20)22-13-7-18(4-2)8-14-22/h7-14,20H,3-6,15-17H2,1-2H3,(H,26,29)/t20-/m0/s1. The number of anilines is 2. The van der Waals surface area contributed by atoms with Gasteiger partial charge in [-0.25, -0.2) is 4.79 Å². The van der Waals surface area contributed by atoms with E-state index >= 15 is 0 Å². The van der Waals surface area contributed by atoms with E-state index in [0.29, 0.717) is 24.4 Å². The van der Waals surface area contributed by atoms with Crippen LogP contribution in [0.5, 0.6) is 0 Å². The molecule has 3 rings (SSSR count). The maximum absolute atomic E-state index is 12.7. The summed E-state index contributed by atoms with van der Waals surface area (Å²) in [7, 11) is 0. The highest BCUT2D eigenvalue weighted by Gasteiger charge is 2.35. The summed E-state index contributed by atoms with van der Waals surface area (Å²) in [5, 5.41) is 2.85. The quantitative estimate of drug-likeness (QED) is 0.474. The molecule has 1 N–H and O–H groups in total. The first-order valence-electron chi connectivity index (χ1n) is 11.0. The van der Waals surface area contributed by atoms with Crippen LogP contribution in [0, 0.1) is 5.92 Å². The summed E-state index contributed by atoms with van der Waals surface area (Å²) in [5.41, 5.74) is 3.07. The van der Waals surface area contributed by atoms with Crippen LogP contribution in [-0.2, 0) is 20.7 Å². The highest BCUT2D eigenvalue weighted by atomic mass is 16.5. The van der Waals surface area contributed by atoms with Gasteiger partial charge in [0.15, 0.2) is 0 Å². The molecular formula is C25H30N2O4. The van der Waals surface area contributed by atoms with Crippen LogP contribution in [0.2, 0.25) is 0 Å². The second-order valence-electron chi connectivity index (χ2n) is 7.84. The fraction of sp³-hybridized carbons (Fsp3) is 0.400. The SMILES string of the molecule is CCCCCOC(=O)c1ccc(NC(=O)[C@H]2CC(=O)N(c3ccc(CC)cc3)C2)cc1. The zero-order valence-corrected chi connectivity index (χ0v) is 18.2. The molecule has 6 heteroatoms. The predicted octanol–water partition coefficient (Wildman–Crippen LogP) is 4.59. The van der Waals surface area contributed by atoms with E-state index < -0.39 is 5.92 Å². The molecule has 2 amide bonds. The minimum Gasteiger partial charge on any atom is -0.462 e. The molecule has 1 aliphatic rings. The Hall–Kier alpha value is -3.15. The highest BCUT2D eigenvalue weighted by Crippen LogP contribution is 2.26. The van der Waals surface area contributed by atoms with Gasteiger partial charge in [-0.2, -0.15) is 0 Å². The zero-order chi connectivity index (χ0) is 22.2. The van der Waals surface area contributed by atoms with E-state index in [2.05, 4.69) is 19.2 Å². The van der Waals surface area contributed by atoms with Crippen LogP contribution in [0.1, 0.15) is 55.5 Å². The molecule has 1 fully saturated rings. The molecule has 0 aromatic heterocycles. The van der Waals surface area contributed by atoms with Gasteiger partial charge in [0.25, 0.3) is 0 Å². The average Bonchev–Trinajstić information content (AvgIpc) is 3.19. The number of benzene rings is 2. The van der Waals surface area contributed by atoms with Gasteiger partial charge in [0.2, 0.25) is 11.8 Å². The summed E-state index contributed by atoms with van der Waals surface area (Å²) in [4.78, 5) is 38.8. The second kappa shape index (κ2) is 10.8. The maximum Gasteiger partial charge on any atom is 0.338 e. The van der Waals surface area contributed by atoms with Crippen molar-refractivity contribution >= 4 is 29.2 Å². The highest BCUT2D eigenvalue weighted by molar-refractivity contribution is 6.03. The van der Waals surface area contributed by atoms with Gasteiger partial charge >= 0.3 is 5.97 Å². The Labute approximate surface area is 183 Å². The minimum atomic E-state index is -0.415. The lowest BCUT2D eigenvalue weighted by Gasteiger charge is -2.17. The predicted molar refractivity (Wildman–Crippen MR) is 121 cm³/mol. The fourth-order valence-corrected chi connectivity index (χ4v) is 3.58. The molecule has 0 saturated carbocycles. The molecule has 1 atom stereocenters. The van der Waals surface area contributed by atoms with Crippen LogP contribution < -0.4 is 10.2 Å². The van der Waals surface area contributed by atoms with Gasteiger partial charge in [0.05, 0.1) is 18.1 Å². The molecule has 1 heterocycles. The summed E-state index contributed by atoms with van der Waals surface area (Å²) >= 11 is 0. The molecule has 31 heavy (non-hydrogen) atoms. The molecule has 0 bridgehead atoms. The van der Waals surface area contributed by atoms with E-state index in [4.69, 9.17) is 4.74 Å². The molecule has 2 aromatic carbocycles.